The van der Waals surface area contributed by atoms with Gasteiger partial charge in [0.1, 0.15) is 0 Å². The quantitative estimate of drug-likeness (QED) is 0.716. The summed E-state index contributed by atoms with van der Waals surface area (Å²) in [5.74, 6) is 0.236. The van der Waals surface area contributed by atoms with Crippen molar-refractivity contribution >= 4 is 21.4 Å². The van der Waals surface area contributed by atoms with Crippen LogP contribution in [0.1, 0.15) is 27.2 Å². The highest BCUT2D eigenvalue weighted by Crippen LogP contribution is 2.18. The monoisotopic (exact) mass is 253 g/mol. The van der Waals surface area contributed by atoms with E-state index in [0.29, 0.717) is 6.54 Å². The van der Waals surface area contributed by atoms with Crippen molar-refractivity contribution in [3.05, 3.63) is 0 Å². The minimum atomic E-state index is -2.99. The van der Waals surface area contributed by atoms with Gasteiger partial charge in [-0.1, -0.05) is 0 Å². The van der Waals surface area contributed by atoms with Crippen LogP contribution in [0.5, 0.6) is 0 Å². The summed E-state index contributed by atoms with van der Waals surface area (Å²) in [6.07, 6.45) is 0.969. The van der Waals surface area contributed by atoms with Crippen LogP contribution in [0, 0.1) is 0 Å². The Balaban J connectivity index is 2.44. The largest absolute Gasteiger partial charge is 0.301 e. The van der Waals surface area contributed by atoms with E-state index in [9.17, 15) is 8.42 Å². The molecule has 0 radical (unpaired) electrons. The van der Waals surface area contributed by atoms with Gasteiger partial charge in [0.2, 0.25) is 0 Å². The highest BCUT2D eigenvalue weighted by atomic mass is 35.5. The van der Waals surface area contributed by atoms with Crippen molar-refractivity contribution < 1.29 is 8.42 Å². The molecule has 90 valence electrons. The Bertz CT molecular complexity index is 308. The van der Waals surface area contributed by atoms with Gasteiger partial charge in [-0.3, -0.25) is 0 Å². The molecule has 3 nitrogen and oxygen atoms in total. The number of alkyl halides is 1. The van der Waals surface area contributed by atoms with Gasteiger partial charge in [0.25, 0.3) is 0 Å². The molecule has 0 aromatic carbocycles. The lowest BCUT2D eigenvalue weighted by atomic mass is 10.3. The average Bonchev–Trinajstić information content (AvgIpc) is 2.46. The molecule has 1 aliphatic rings. The molecule has 1 saturated heterocycles. The zero-order valence-corrected chi connectivity index (χ0v) is 11.2. The first kappa shape index (κ1) is 13.3. The second-order valence-electron chi connectivity index (χ2n) is 5.12. The summed E-state index contributed by atoms with van der Waals surface area (Å²) in [5, 5.41) is 0.197. The summed E-state index contributed by atoms with van der Waals surface area (Å²) in [5.41, 5.74) is 0. The number of likely N-dealkylation sites (tertiary alicyclic amines) is 1. The molecule has 1 heterocycles. The van der Waals surface area contributed by atoms with Crippen LogP contribution in [0.3, 0.4) is 0 Å². The first-order valence-electron chi connectivity index (χ1n) is 5.31. The maximum absolute atomic E-state index is 11.8. The van der Waals surface area contributed by atoms with E-state index in [2.05, 4.69) is 4.90 Å². The van der Waals surface area contributed by atoms with Gasteiger partial charge in [0.15, 0.2) is 9.84 Å². The molecule has 5 heteroatoms. The highest BCUT2D eigenvalue weighted by molar-refractivity contribution is 7.92. The van der Waals surface area contributed by atoms with Crippen LogP contribution in [0.2, 0.25) is 0 Å². The van der Waals surface area contributed by atoms with Gasteiger partial charge in [-0.2, -0.15) is 0 Å². The van der Waals surface area contributed by atoms with Crippen LogP contribution in [-0.4, -0.2) is 48.8 Å². The first-order valence-corrected chi connectivity index (χ1v) is 7.40. The van der Waals surface area contributed by atoms with Crippen LogP contribution in [0.15, 0.2) is 0 Å². The lowest BCUT2D eigenvalue weighted by molar-refractivity contribution is 0.358. The third-order valence-electron chi connectivity index (χ3n) is 2.82. The molecule has 0 spiro atoms. The summed E-state index contributed by atoms with van der Waals surface area (Å²) >= 11 is 5.96. The van der Waals surface area contributed by atoms with E-state index in [0.717, 1.165) is 19.5 Å². The summed E-state index contributed by atoms with van der Waals surface area (Å²) < 4.78 is 23.0. The minimum Gasteiger partial charge on any atom is -0.301 e. The predicted molar refractivity (Wildman–Crippen MR) is 64.2 cm³/mol. The molecule has 0 bridgehead atoms. The lowest BCUT2D eigenvalue weighted by Crippen LogP contribution is -2.36. The van der Waals surface area contributed by atoms with Gasteiger partial charge >= 0.3 is 0 Å². The molecular formula is C10H20ClNO2S. The van der Waals surface area contributed by atoms with Crippen LogP contribution in [0.25, 0.3) is 0 Å². The van der Waals surface area contributed by atoms with Crippen LogP contribution >= 0.6 is 11.6 Å². The number of hydrogen-bond donors (Lipinski definition) is 0. The molecule has 0 saturated carbocycles. The molecule has 1 atom stereocenters. The molecule has 1 unspecified atom stereocenters. The van der Waals surface area contributed by atoms with Crippen LogP contribution in [-0.2, 0) is 9.84 Å². The Labute approximate surface area is 97.7 Å². The number of sulfone groups is 1. The van der Waals surface area contributed by atoms with E-state index in [4.69, 9.17) is 11.6 Å². The Kier molecular flexibility index (Phi) is 4.07. The SMILES string of the molecule is CC(C)(C)S(=O)(=O)CCN1CCC(Cl)C1. The summed E-state index contributed by atoms with van der Waals surface area (Å²) in [6, 6.07) is 0. The van der Waals surface area contributed by atoms with Crippen molar-refractivity contribution in [2.45, 2.75) is 37.3 Å². The third kappa shape index (κ3) is 3.61. The van der Waals surface area contributed by atoms with E-state index in [-0.39, 0.29) is 11.1 Å². The Morgan fingerprint density at radius 2 is 2.00 bits per heavy atom. The molecule has 0 amide bonds. The van der Waals surface area contributed by atoms with Crippen molar-refractivity contribution in [3.8, 4) is 0 Å². The number of nitrogens with zero attached hydrogens (tertiary/aromatic N) is 1. The second kappa shape index (κ2) is 4.60. The van der Waals surface area contributed by atoms with E-state index >= 15 is 0 Å². The minimum absolute atomic E-state index is 0.197. The van der Waals surface area contributed by atoms with Crippen molar-refractivity contribution in [3.63, 3.8) is 0 Å². The van der Waals surface area contributed by atoms with Gasteiger partial charge in [-0.05, 0) is 33.7 Å². The smallest absolute Gasteiger partial charge is 0.156 e. The van der Waals surface area contributed by atoms with Crippen LogP contribution in [0.4, 0.5) is 0 Å². The topological polar surface area (TPSA) is 37.4 Å². The van der Waals surface area contributed by atoms with E-state index in [1.165, 1.54) is 0 Å². The number of hydrogen-bond acceptors (Lipinski definition) is 3. The molecule has 0 aromatic rings. The molecule has 0 aromatic heterocycles. The molecule has 1 fully saturated rings. The molecule has 1 rings (SSSR count). The third-order valence-corrected chi connectivity index (χ3v) is 5.77. The molecule has 0 N–H and O–H groups in total. The van der Waals surface area contributed by atoms with Gasteiger partial charge in [0, 0.05) is 18.5 Å². The summed E-state index contributed by atoms with van der Waals surface area (Å²) in [7, 11) is -2.99. The van der Waals surface area contributed by atoms with Crippen molar-refractivity contribution in [1.82, 2.24) is 4.90 Å². The zero-order valence-electron chi connectivity index (χ0n) is 9.66. The first-order chi connectivity index (χ1) is 6.72. The molecule has 15 heavy (non-hydrogen) atoms. The number of halogens is 1. The Morgan fingerprint density at radius 1 is 1.40 bits per heavy atom. The van der Waals surface area contributed by atoms with Gasteiger partial charge in [-0.15, -0.1) is 11.6 Å². The fraction of sp³-hybridized carbons (Fsp3) is 1.00. The van der Waals surface area contributed by atoms with Gasteiger partial charge in [0.05, 0.1) is 10.5 Å². The van der Waals surface area contributed by atoms with Crippen molar-refractivity contribution in [2.24, 2.45) is 0 Å². The predicted octanol–water partition coefficient (Wildman–Crippen LogP) is 1.51. The fourth-order valence-corrected chi connectivity index (χ4v) is 2.95. The van der Waals surface area contributed by atoms with Gasteiger partial charge < -0.3 is 4.90 Å². The molecule has 0 aliphatic carbocycles. The van der Waals surface area contributed by atoms with E-state index < -0.39 is 14.6 Å². The Morgan fingerprint density at radius 3 is 2.40 bits per heavy atom. The average molecular weight is 254 g/mol. The van der Waals surface area contributed by atoms with E-state index in [1.807, 2.05) is 0 Å². The van der Waals surface area contributed by atoms with Crippen molar-refractivity contribution in [2.75, 3.05) is 25.4 Å². The molecular weight excluding hydrogens is 234 g/mol. The Hall–Kier alpha value is 0.200. The highest BCUT2D eigenvalue weighted by Gasteiger charge is 2.30. The second-order valence-corrected chi connectivity index (χ2v) is 8.60. The zero-order chi connectivity index (χ0) is 11.7. The van der Waals surface area contributed by atoms with Crippen molar-refractivity contribution in [1.29, 1.82) is 0 Å². The standard InChI is InChI=1S/C10H20ClNO2S/c1-10(2,3)15(13,14)7-6-12-5-4-9(11)8-12/h9H,4-8H2,1-3H3. The van der Waals surface area contributed by atoms with Gasteiger partial charge in [-0.25, -0.2) is 8.42 Å². The normalized spacial score (nSPS) is 24.7. The molecule has 1 aliphatic heterocycles. The van der Waals surface area contributed by atoms with Crippen LogP contribution < -0.4 is 0 Å². The summed E-state index contributed by atoms with van der Waals surface area (Å²) in [4.78, 5) is 2.13. The van der Waals surface area contributed by atoms with E-state index in [1.54, 1.807) is 20.8 Å². The maximum Gasteiger partial charge on any atom is 0.156 e. The fourth-order valence-electron chi connectivity index (χ4n) is 1.54. The summed E-state index contributed by atoms with van der Waals surface area (Å²) in [6.45, 7) is 7.60. The lowest BCUT2D eigenvalue weighted by Gasteiger charge is -2.21. The maximum atomic E-state index is 11.8. The number of rotatable bonds is 3.